The minimum atomic E-state index is -2.39. The van der Waals surface area contributed by atoms with Gasteiger partial charge in [-0.15, -0.1) is 5.10 Å². The van der Waals surface area contributed by atoms with E-state index in [1.54, 1.807) is 7.11 Å². The zero-order valence-electron chi connectivity index (χ0n) is 33.0. The summed E-state index contributed by atoms with van der Waals surface area (Å²) in [6.45, 7) is 8.43. The van der Waals surface area contributed by atoms with E-state index in [4.69, 9.17) is 21.1 Å². The highest BCUT2D eigenvalue weighted by Gasteiger charge is 2.66. The van der Waals surface area contributed by atoms with Crippen LogP contribution >= 0.6 is 11.6 Å². The van der Waals surface area contributed by atoms with Crippen LogP contribution in [0.1, 0.15) is 60.9 Å². The molecule has 0 radical (unpaired) electrons. The lowest BCUT2D eigenvalue weighted by atomic mass is 9.82. The van der Waals surface area contributed by atoms with Gasteiger partial charge in [0.1, 0.15) is 5.75 Å². The van der Waals surface area contributed by atoms with Crippen molar-refractivity contribution in [1.29, 1.82) is 0 Å². The summed E-state index contributed by atoms with van der Waals surface area (Å²) >= 11 is 6.75. The molecule has 0 aliphatic carbocycles. The molecule has 2 amide bonds. The van der Waals surface area contributed by atoms with Crippen LogP contribution in [0.15, 0.2) is 103 Å². The Kier molecular flexibility index (Phi) is 10.9. The molecule has 4 heterocycles. The largest absolute Gasteiger partial charge is 0.497 e. The van der Waals surface area contributed by atoms with Crippen molar-refractivity contribution < 1.29 is 24.2 Å². The number of fused-ring (bicyclic) bond motifs is 2. The second-order valence-corrected chi connectivity index (χ2v) is 21.3. The Labute approximate surface area is 340 Å². The van der Waals surface area contributed by atoms with Gasteiger partial charge in [-0.25, -0.2) is 0 Å². The Morgan fingerprint density at radius 1 is 1.00 bits per heavy atom. The molecule has 8 rings (SSSR count). The number of hydrogen-bond donors (Lipinski definition) is 1. The number of aryl methyl sites for hydroxylation is 1. The molecule has 57 heavy (non-hydrogen) atoms. The number of ether oxygens (including phenoxy) is 2. The SMILES string of the molecule is COc1ccc([Si](C)(C)[C@H]2[C@H](CCn3cc(C(CO)c4ccccc4)nn3)O[C@@]3(C(=O)N(Cc4ccc(N5CCCCC5=O)cc4)c4ccc(Cl)cc43)[C@@H]2C)cc1. The summed E-state index contributed by atoms with van der Waals surface area (Å²) in [5, 5.41) is 21.1. The van der Waals surface area contributed by atoms with E-state index in [0.29, 0.717) is 36.6 Å². The number of nitrogens with zero attached hydrogens (tertiary/aromatic N) is 5. The van der Waals surface area contributed by atoms with Gasteiger partial charge >= 0.3 is 0 Å². The van der Waals surface area contributed by atoms with Gasteiger partial charge in [-0.3, -0.25) is 14.3 Å². The van der Waals surface area contributed by atoms with Crippen LogP contribution in [0, 0.1) is 5.92 Å². The Bertz CT molecular complexity index is 2230. The molecule has 12 heteroatoms. The van der Waals surface area contributed by atoms with Crippen LogP contribution in [0.25, 0.3) is 0 Å². The number of aromatic nitrogens is 3. The van der Waals surface area contributed by atoms with Crippen molar-refractivity contribution in [3.63, 3.8) is 0 Å². The third-order valence-corrected chi connectivity index (χ3v) is 17.2. The second-order valence-electron chi connectivity index (χ2n) is 16.2. The summed E-state index contributed by atoms with van der Waals surface area (Å²) < 4.78 is 14.7. The van der Waals surface area contributed by atoms with Crippen molar-refractivity contribution in [2.24, 2.45) is 5.92 Å². The average Bonchev–Trinajstić information content (AvgIpc) is 3.88. The number of carbonyl (C=O) groups is 2. The van der Waals surface area contributed by atoms with Crippen LogP contribution in [0.3, 0.4) is 0 Å². The summed E-state index contributed by atoms with van der Waals surface area (Å²) in [6, 6.07) is 31.9. The number of piperidine rings is 1. The maximum absolute atomic E-state index is 15.3. The van der Waals surface area contributed by atoms with E-state index < -0.39 is 13.7 Å². The molecule has 0 bridgehead atoms. The molecule has 1 spiro atoms. The number of halogens is 1. The fourth-order valence-electron chi connectivity index (χ4n) is 9.65. The number of carbonyl (C=O) groups excluding carboxylic acids is 2. The number of aliphatic hydroxyl groups excluding tert-OH is 1. The molecule has 1 N–H and O–H groups in total. The lowest BCUT2D eigenvalue weighted by Gasteiger charge is -2.37. The van der Waals surface area contributed by atoms with Gasteiger partial charge in [0.15, 0.2) is 5.60 Å². The highest BCUT2D eigenvalue weighted by Crippen LogP contribution is 2.60. The van der Waals surface area contributed by atoms with Crippen molar-refractivity contribution in [2.75, 3.05) is 30.1 Å². The van der Waals surface area contributed by atoms with Gasteiger partial charge in [0, 0.05) is 47.9 Å². The molecule has 5 aromatic rings. The Morgan fingerprint density at radius 3 is 2.46 bits per heavy atom. The predicted octanol–water partition coefficient (Wildman–Crippen LogP) is 7.43. The molecule has 1 unspecified atom stereocenters. The molecular weight excluding hydrogens is 754 g/mol. The monoisotopic (exact) mass is 803 g/mol. The number of methoxy groups -OCH3 is 1. The molecule has 4 aromatic carbocycles. The first-order valence-corrected chi connectivity index (χ1v) is 23.4. The molecular formula is C45H50ClN5O5Si. The summed E-state index contributed by atoms with van der Waals surface area (Å²) in [7, 11) is -0.713. The third-order valence-electron chi connectivity index (χ3n) is 12.7. The fraction of sp³-hybridized carbons (Fsp3) is 0.378. The Balaban J connectivity index is 1.12. The highest BCUT2D eigenvalue weighted by atomic mass is 35.5. The first kappa shape index (κ1) is 39.0. The topological polar surface area (TPSA) is 110 Å². The maximum Gasteiger partial charge on any atom is 0.264 e. The van der Waals surface area contributed by atoms with E-state index in [0.717, 1.165) is 53.2 Å². The van der Waals surface area contributed by atoms with E-state index in [-0.39, 0.29) is 41.9 Å². The van der Waals surface area contributed by atoms with Gasteiger partial charge in [0.2, 0.25) is 5.91 Å². The number of benzene rings is 4. The standard InChI is InChI=1S/C45H50ClN5O5Si/c1-30-43(57(3,4)36-20-18-35(55-2)19-21-36)41(23-25-49-28-39(47-48-49)37(29-52)32-10-6-5-7-11-32)56-45(30)38-26-33(46)15-22-40(38)51(44(45)54)27-31-13-16-34(17-14-31)50-24-9-8-12-42(50)53/h5-7,10-11,13-22,26,28,30,37,41,43,52H,8-9,12,23-25,27,29H2,1-4H3/t30-,37?,41+,43-,45+/m1/s1. The summed E-state index contributed by atoms with van der Waals surface area (Å²) in [6.07, 6.45) is 4.71. The zero-order chi connectivity index (χ0) is 39.9. The molecule has 2 saturated heterocycles. The number of rotatable bonds is 12. The van der Waals surface area contributed by atoms with Crippen LogP contribution in [-0.4, -0.2) is 66.4 Å². The minimum Gasteiger partial charge on any atom is -0.497 e. The summed E-state index contributed by atoms with van der Waals surface area (Å²) in [5.74, 6) is 0.376. The quantitative estimate of drug-likeness (QED) is 0.131. The van der Waals surface area contributed by atoms with E-state index in [1.165, 1.54) is 5.19 Å². The summed E-state index contributed by atoms with van der Waals surface area (Å²) in [4.78, 5) is 31.6. The number of amides is 2. The molecule has 296 valence electrons. The highest BCUT2D eigenvalue weighted by molar-refractivity contribution is 6.91. The molecule has 2 fully saturated rings. The molecule has 3 aliphatic heterocycles. The van der Waals surface area contributed by atoms with Crippen molar-refractivity contribution >= 4 is 48.1 Å². The Hall–Kier alpha value is -4.81. The second kappa shape index (κ2) is 15.9. The Morgan fingerprint density at radius 2 is 1.75 bits per heavy atom. The molecule has 3 aliphatic rings. The molecule has 0 saturated carbocycles. The van der Waals surface area contributed by atoms with Crippen LogP contribution in [0.4, 0.5) is 11.4 Å². The number of hydrogen-bond acceptors (Lipinski definition) is 7. The maximum atomic E-state index is 15.3. The third kappa shape index (κ3) is 7.09. The molecule has 5 atom stereocenters. The molecule has 1 aromatic heterocycles. The summed E-state index contributed by atoms with van der Waals surface area (Å²) in [5.41, 5.74) is 3.89. The first-order valence-electron chi connectivity index (χ1n) is 19.9. The van der Waals surface area contributed by atoms with Crippen LogP contribution in [0.5, 0.6) is 5.75 Å². The van der Waals surface area contributed by atoms with E-state index >= 15 is 4.79 Å². The average molecular weight is 804 g/mol. The van der Waals surface area contributed by atoms with Gasteiger partial charge in [0.25, 0.3) is 5.91 Å². The van der Waals surface area contributed by atoms with E-state index in [2.05, 4.69) is 42.5 Å². The van der Waals surface area contributed by atoms with Crippen molar-refractivity contribution in [1.82, 2.24) is 15.0 Å². The van der Waals surface area contributed by atoms with E-state index in [9.17, 15) is 9.90 Å². The van der Waals surface area contributed by atoms with Crippen LogP contribution in [0.2, 0.25) is 23.7 Å². The lowest BCUT2D eigenvalue weighted by molar-refractivity contribution is -0.146. The first-order chi connectivity index (χ1) is 27.5. The van der Waals surface area contributed by atoms with Crippen LogP contribution < -0.4 is 19.7 Å². The van der Waals surface area contributed by atoms with Gasteiger partial charge in [-0.1, -0.05) is 96.6 Å². The van der Waals surface area contributed by atoms with Gasteiger partial charge in [0.05, 0.1) is 51.7 Å². The van der Waals surface area contributed by atoms with Crippen LogP contribution in [-0.2, 0) is 33.0 Å². The fourth-order valence-corrected chi connectivity index (χ4v) is 13.9. The normalized spacial score (nSPS) is 22.7. The number of anilines is 2. The van der Waals surface area contributed by atoms with Gasteiger partial charge < -0.3 is 24.4 Å². The van der Waals surface area contributed by atoms with Gasteiger partial charge in [-0.2, -0.15) is 0 Å². The predicted molar refractivity (Wildman–Crippen MR) is 225 cm³/mol. The molecule has 10 nitrogen and oxygen atoms in total. The van der Waals surface area contributed by atoms with E-state index in [1.807, 2.05) is 106 Å². The van der Waals surface area contributed by atoms with Crippen molar-refractivity contribution in [3.05, 3.63) is 131 Å². The number of aliphatic hydroxyl groups is 1. The van der Waals surface area contributed by atoms with Crippen molar-refractivity contribution in [2.45, 2.75) is 82.0 Å². The lowest BCUT2D eigenvalue weighted by Crippen LogP contribution is -2.51. The zero-order valence-corrected chi connectivity index (χ0v) is 34.7. The van der Waals surface area contributed by atoms with Gasteiger partial charge in [-0.05, 0) is 78.4 Å². The minimum absolute atomic E-state index is 0.0282. The smallest absolute Gasteiger partial charge is 0.264 e. The van der Waals surface area contributed by atoms with Crippen molar-refractivity contribution in [3.8, 4) is 5.75 Å².